The van der Waals surface area contributed by atoms with Gasteiger partial charge in [-0.05, 0) is 84.9 Å². The summed E-state index contributed by atoms with van der Waals surface area (Å²) in [7, 11) is 0. The minimum Gasteiger partial charge on any atom is -0.382 e. The van der Waals surface area contributed by atoms with Crippen LogP contribution in [0, 0.1) is 3.57 Å². The van der Waals surface area contributed by atoms with E-state index in [1.807, 2.05) is 6.92 Å². The molecule has 0 unspecified atom stereocenters. The van der Waals surface area contributed by atoms with Crippen molar-refractivity contribution >= 4 is 45.2 Å². The Labute approximate surface area is 202 Å². The number of nitrogens with zero attached hydrogens (tertiary/aromatic N) is 1. The van der Waals surface area contributed by atoms with Gasteiger partial charge in [0.2, 0.25) is 0 Å². The topological polar surface area (TPSA) is 31.2 Å². The summed E-state index contributed by atoms with van der Waals surface area (Å²) < 4.78 is 9.95. The van der Waals surface area contributed by atoms with E-state index in [-0.39, 0.29) is 5.43 Å². The summed E-state index contributed by atoms with van der Waals surface area (Å²) in [6.07, 6.45) is 11.6. The zero-order valence-electron chi connectivity index (χ0n) is 17.7. The zero-order valence-corrected chi connectivity index (χ0v) is 22.0. The quantitative estimate of drug-likeness (QED) is 0.143. The number of benzene rings is 1. The maximum absolute atomic E-state index is 13.3. The molecule has 0 aliphatic heterocycles. The average molecular weight is 621 g/mol. The lowest BCUT2D eigenvalue weighted by atomic mass is 9.99. The van der Waals surface area contributed by atoms with E-state index in [4.69, 9.17) is 4.74 Å². The first-order valence-corrected chi connectivity index (χ1v) is 13.4. The summed E-state index contributed by atoms with van der Waals surface area (Å²) in [6, 6.07) is 6.51. The van der Waals surface area contributed by atoms with Crippen molar-refractivity contribution in [3.63, 3.8) is 0 Å². The highest BCUT2D eigenvalue weighted by Crippen LogP contribution is 2.22. The number of aryl methyl sites for hydroxylation is 3. The summed E-state index contributed by atoms with van der Waals surface area (Å²) in [4.78, 5) is 13.3. The Bertz CT molecular complexity index is 817. The van der Waals surface area contributed by atoms with Gasteiger partial charge in [0.25, 0.3) is 0 Å². The van der Waals surface area contributed by atoms with Crippen LogP contribution < -0.4 is 5.43 Å². The fraction of sp³-hybridized carbons (Fsp3) is 0.542. The molecule has 0 amide bonds. The molecule has 1 aromatic heterocycles. The first kappa shape index (κ1) is 24.9. The van der Waals surface area contributed by atoms with Gasteiger partial charge in [0, 0.05) is 51.3 Å². The summed E-state index contributed by atoms with van der Waals surface area (Å²) >= 11 is 4.77. The van der Waals surface area contributed by atoms with Crippen molar-refractivity contribution in [2.75, 3.05) is 17.6 Å². The van der Waals surface area contributed by atoms with Crippen LogP contribution in [0.15, 0.2) is 35.4 Å². The van der Waals surface area contributed by atoms with Crippen molar-refractivity contribution in [1.82, 2.24) is 4.57 Å². The molecule has 0 bridgehead atoms. The van der Waals surface area contributed by atoms with Crippen molar-refractivity contribution in [2.45, 2.75) is 65.3 Å². The number of pyridine rings is 1. The maximum atomic E-state index is 13.3. The third-order valence-corrected chi connectivity index (χ3v) is 6.45. The normalized spacial score (nSPS) is 11.2. The number of hydrogen-bond donors (Lipinski definition) is 0. The highest BCUT2D eigenvalue weighted by atomic mass is 127. The second-order valence-electron chi connectivity index (χ2n) is 7.37. The van der Waals surface area contributed by atoms with Crippen molar-refractivity contribution in [3.8, 4) is 11.1 Å². The molecule has 0 saturated heterocycles. The van der Waals surface area contributed by atoms with E-state index in [9.17, 15) is 4.79 Å². The zero-order chi connectivity index (χ0) is 21.1. The second-order valence-corrected chi connectivity index (χ2v) is 9.69. The lowest BCUT2D eigenvalue weighted by Gasteiger charge is -2.13. The van der Waals surface area contributed by atoms with Gasteiger partial charge < -0.3 is 9.30 Å². The van der Waals surface area contributed by atoms with Crippen LogP contribution in [0.3, 0.4) is 0 Å². The predicted octanol–water partition coefficient (Wildman–Crippen LogP) is 6.65. The number of halogens is 2. The fourth-order valence-corrected chi connectivity index (χ4v) is 4.55. The Morgan fingerprint density at radius 1 is 1.00 bits per heavy atom. The summed E-state index contributed by atoms with van der Waals surface area (Å²) in [5.74, 6) is 0. The maximum Gasteiger partial charge on any atom is 0.192 e. The van der Waals surface area contributed by atoms with Gasteiger partial charge >= 0.3 is 0 Å². The van der Waals surface area contributed by atoms with Crippen molar-refractivity contribution in [3.05, 3.63) is 55.5 Å². The molecule has 0 aliphatic carbocycles. The monoisotopic (exact) mass is 621 g/mol. The highest BCUT2D eigenvalue weighted by molar-refractivity contribution is 14.1. The first-order chi connectivity index (χ1) is 14.1. The van der Waals surface area contributed by atoms with Crippen LogP contribution in [0.25, 0.3) is 11.1 Å². The van der Waals surface area contributed by atoms with Crippen molar-refractivity contribution in [1.29, 1.82) is 0 Å². The molecular weight excluding hydrogens is 588 g/mol. The number of unbranched alkanes of at least 4 members (excludes halogenated alkanes) is 3. The SMILES string of the molecule is CCOCCCCCCc1cn(CCCI)cc(-c2cc(I)cc(CC)c2)c1=O. The number of ether oxygens (including phenoxy) is 1. The number of hydrogen-bond acceptors (Lipinski definition) is 2. The van der Waals surface area contributed by atoms with Crippen molar-refractivity contribution < 1.29 is 4.74 Å². The van der Waals surface area contributed by atoms with Gasteiger partial charge in [0.1, 0.15) is 0 Å². The molecule has 0 spiro atoms. The van der Waals surface area contributed by atoms with Gasteiger partial charge in [-0.15, -0.1) is 0 Å². The molecular formula is C24H33I2NO2. The third kappa shape index (κ3) is 8.32. The molecule has 0 N–H and O–H groups in total. The molecule has 2 aromatic rings. The number of rotatable bonds is 13. The molecule has 160 valence electrons. The lowest BCUT2D eigenvalue weighted by molar-refractivity contribution is 0.143. The Morgan fingerprint density at radius 3 is 2.52 bits per heavy atom. The average Bonchev–Trinajstić information content (AvgIpc) is 2.72. The van der Waals surface area contributed by atoms with Crippen LogP contribution in [0.5, 0.6) is 0 Å². The molecule has 29 heavy (non-hydrogen) atoms. The number of alkyl halides is 1. The van der Waals surface area contributed by atoms with Crippen LogP contribution in [0.4, 0.5) is 0 Å². The summed E-state index contributed by atoms with van der Waals surface area (Å²) in [6.45, 7) is 6.80. The molecule has 0 atom stereocenters. The summed E-state index contributed by atoms with van der Waals surface area (Å²) in [5.41, 5.74) is 4.35. The molecule has 3 nitrogen and oxygen atoms in total. The fourth-order valence-electron chi connectivity index (χ4n) is 3.48. The largest absolute Gasteiger partial charge is 0.382 e. The molecule has 1 aromatic carbocycles. The van der Waals surface area contributed by atoms with E-state index < -0.39 is 0 Å². The molecule has 0 aliphatic rings. The molecule has 2 rings (SSSR count). The molecule has 1 heterocycles. The van der Waals surface area contributed by atoms with E-state index in [1.165, 1.54) is 15.6 Å². The smallest absolute Gasteiger partial charge is 0.192 e. The van der Waals surface area contributed by atoms with Gasteiger partial charge in [-0.25, -0.2) is 0 Å². The minimum absolute atomic E-state index is 0.203. The Morgan fingerprint density at radius 2 is 1.79 bits per heavy atom. The standard InChI is InChI=1S/C24H33I2NO2/c1-3-19-14-21(16-22(26)15-19)23-18-27(12-9-11-25)17-20(24(23)28)10-7-5-6-8-13-29-4-2/h14-18H,3-13H2,1-2H3. The molecule has 0 fully saturated rings. The summed E-state index contributed by atoms with van der Waals surface area (Å²) in [5, 5.41) is 0. The minimum atomic E-state index is 0.203. The lowest BCUT2D eigenvalue weighted by Crippen LogP contribution is -2.16. The predicted molar refractivity (Wildman–Crippen MR) is 140 cm³/mol. The Hall–Kier alpha value is -0.410. The van der Waals surface area contributed by atoms with E-state index >= 15 is 0 Å². The van der Waals surface area contributed by atoms with Crippen LogP contribution in [-0.2, 0) is 24.1 Å². The van der Waals surface area contributed by atoms with E-state index in [1.54, 1.807) is 0 Å². The first-order valence-electron chi connectivity index (χ1n) is 10.8. The Balaban J connectivity index is 2.21. The van der Waals surface area contributed by atoms with E-state index in [0.717, 1.165) is 79.4 Å². The van der Waals surface area contributed by atoms with E-state index in [0.29, 0.717) is 0 Å². The van der Waals surface area contributed by atoms with Crippen molar-refractivity contribution in [2.24, 2.45) is 0 Å². The third-order valence-electron chi connectivity index (χ3n) is 5.07. The van der Waals surface area contributed by atoms with Crippen LogP contribution in [-0.4, -0.2) is 22.2 Å². The van der Waals surface area contributed by atoms with Gasteiger partial charge in [-0.2, -0.15) is 0 Å². The molecule has 0 radical (unpaired) electrons. The van der Waals surface area contributed by atoms with Crippen LogP contribution >= 0.6 is 45.2 Å². The van der Waals surface area contributed by atoms with Gasteiger partial charge in [-0.3, -0.25) is 4.79 Å². The number of aromatic nitrogens is 1. The molecule has 5 heteroatoms. The van der Waals surface area contributed by atoms with E-state index in [2.05, 4.69) is 87.3 Å². The Kier molecular flexibility index (Phi) is 11.8. The highest BCUT2D eigenvalue weighted by Gasteiger charge is 2.11. The van der Waals surface area contributed by atoms with Crippen LogP contribution in [0.2, 0.25) is 0 Å². The van der Waals surface area contributed by atoms with Gasteiger partial charge in [0.15, 0.2) is 5.43 Å². The van der Waals surface area contributed by atoms with Gasteiger partial charge in [-0.1, -0.05) is 48.4 Å². The van der Waals surface area contributed by atoms with Gasteiger partial charge in [0.05, 0.1) is 0 Å². The van der Waals surface area contributed by atoms with Crippen LogP contribution in [0.1, 0.15) is 57.1 Å². The second kappa shape index (κ2) is 13.8. The molecule has 0 saturated carbocycles.